The summed E-state index contributed by atoms with van der Waals surface area (Å²) in [6.07, 6.45) is 5.21. The first-order valence-electron chi connectivity index (χ1n) is 7.38. The second-order valence-corrected chi connectivity index (χ2v) is 5.26. The van der Waals surface area contributed by atoms with Crippen LogP contribution in [0.4, 0.5) is 10.7 Å². The molecule has 3 rings (SSSR count). The van der Waals surface area contributed by atoms with Gasteiger partial charge in [-0.25, -0.2) is 4.79 Å². The second kappa shape index (κ2) is 5.63. The Morgan fingerprint density at radius 1 is 1.24 bits per heavy atom. The van der Waals surface area contributed by atoms with Crippen LogP contribution in [0.3, 0.4) is 0 Å². The average molecular weight is 289 g/mol. The Balaban J connectivity index is 1.76. The van der Waals surface area contributed by atoms with Crippen molar-refractivity contribution in [1.82, 2.24) is 10.2 Å². The summed E-state index contributed by atoms with van der Waals surface area (Å²) in [5.41, 5.74) is 0.265. The number of likely N-dealkylation sites (N-methyl/N-ethyl adjacent to an activating group) is 1. The van der Waals surface area contributed by atoms with Crippen LogP contribution in [0.1, 0.15) is 31.9 Å². The molecule has 3 amide bonds. The minimum Gasteiger partial charge on any atom is -0.441 e. The van der Waals surface area contributed by atoms with Crippen molar-refractivity contribution >= 4 is 23.9 Å². The maximum absolute atomic E-state index is 12.0. The fourth-order valence-corrected chi connectivity index (χ4v) is 2.71. The van der Waals surface area contributed by atoms with E-state index in [0.29, 0.717) is 12.3 Å². The van der Waals surface area contributed by atoms with Gasteiger partial charge in [0.2, 0.25) is 0 Å². The lowest BCUT2D eigenvalue weighted by atomic mass is 10.1. The number of piperidine rings is 1. The van der Waals surface area contributed by atoms with E-state index >= 15 is 0 Å². The van der Waals surface area contributed by atoms with Crippen molar-refractivity contribution in [3.63, 3.8) is 0 Å². The molecule has 0 aliphatic carbocycles. The molecule has 2 aliphatic rings. The molecular formula is C15H19N3O3. The first-order chi connectivity index (χ1) is 10.2. The van der Waals surface area contributed by atoms with Crippen molar-refractivity contribution in [3.8, 4) is 0 Å². The number of anilines is 1. The van der Waals surface area contributed by atoms with Crippen LogP contribution in [-0.4, -0.2) is 36.5 Å². The van der Waals surface area contributed by atoms with Gasteiger partial charge in [0, 0.05) is 31.8 Å². The Kier molecular flexibility index (Phi) is 3.68. The topological polar surface area (TPSA) is 65.8 Å². The summed E-state index contributed by atoms with van der Waals surface area (Å²) in [5.74, 6) is 1.10. The van der Waals surface area contributed by atoms with Crippen molar-refractivity contribution in [1.29, 1.82) is 0 Å². The Morgan fingerprint density at radius 2 is 2.00 bits per heavy atom. The molecule has 0 radical (unpaired) electrons. The SMILES string of the molecule is CCN1C(=O)N/C(=C/c2ccc(N3CCCCC3)o2)C1=O. The van der Waals surface area contributed by atoms with Gasteiger partial charge in [0.1, 0.15) is 11.5 Å². The summed E-state index contributed by atoms with van der Waals surface area (Å²) in [4.78, 5) is 26.9. The van der Waals surface area contributed by atoms with Crippen LogP contribution in [0.15, 0.2) is 22.2 Å². The molecular weight excluding hydrogens is 270 g/mol. The molecule has 0 bridgehead atoms. The molecule has 2 saturated heterocycles. The Morgan fingerprint density at radius 3 is 2.67 bits per heavy atom. The molecule has 6 heteroatoms. The third-order valence-corrected chi connectivity index (χ3v) is 3.85. The fraction of sp³-hybridized carbons (Fsp3) is 0.467. The van der Waals surface area contributed by atoms with E-state index in [2.05, 4.69) is 10.2 Å². The second-order valence-electron chi connectivity index (χ2n) is 5.26. The Bertz CT molecular complexity index is 585. The quantitative estimate of drug-likeness (QED) is 0.684. The van der Waals surface area contributed by atoms with Gasteiger partial charge in [0.05, 0.1) is 0 Å². The minimum absolute atomic E-state index is 0.265. The molecule has 1 aromatic rings. The fourth-order valence-electron chi connectivity index (χ4n) is 2.71. The summed E-state index contributed by atoms with van der Waals surface area (Å²) >= 11 is 0. The molecule has 3 heterocycles. The van der Waals surface area contributed by atoms with Gasteiger partial charge < -0.3 is 14.6 Å². The molecule has 2 fully saturated rings. The number of nitrogens with zero attached hydrogens (tertiary/aromatic N) is 2. The van der Waals surface area contributed by atoms with Crippen molar-refractivity contribution in [3.05, 3.63) is 23.6 Å². The van der Waals surface area contributed by atoms with Crippen LogP contribution in [0.2, 0.25) is 0 Å². The molecule has 0 aromatic carbocycles. The summed E-state index contributed by atoms with van der Waals surface area (Å²) in [6.45, 7) is 4.13. The van der Waals surface area contributed by atoms with Crippen LogP contribution in [0.25, 0.3) is 6.08 Å². The summed E-state index contributed by atoms with van der Waals surface area (Å²) in [5, 5.41) is 2.57. The summed E-state index contributed by atoms with van der Waals surface area (Å²) < 4.78 is 5.77. The highest BCUT2D eigenvalue weighted by molar-refractivity contribution is 6.13. The number of nitrogens with one attached hydrogen (secondary N) is 1. The predicted octanol–water partition coefficient (Wildman–Crippen LogP) is 2.18. The number of amides is 3. The van der Waals surface area contributed by atoms with E-state index in [0.717, 1.165) is 19.0 Å². The standard InChI is InChI=1S/C15H19N3O3/c1-2-18-14(19)12(16-15(18)20)10-11-6-7-13(21-11)17-8-4-3-5-9-17/h6-7,10H,2-5,8-9H2,1H3,(H,16,20)/b12-10+. The number of furan rings is 1. The average Bonchev–Trinajstić information content (AvgIpc) is 3.06. The van der Waals surface area contributed by atoms with Crippen LogP contribution < -0.4 is 10.2 Å². The molecule has 0 atom stereocenters. The van der Waals surface area contributed by atoms with E-state index in [4.69, 9.17) is 4.42 Å². The lowest BCUT2D eigenvalue weighted by Crippen LogP contribution is -2.30. The number of urea groups is 1. The summed E-state index contributed by atoms with van der Waals surface area (Å²) in [7, 11) is 0. The van der Waals surface area contributed by atoms with Gasteiger partial charge in [-0.15, -0.1) is 0 Å². The molecule has 2 aliphatic heterocycles. The monoisotopic (exact) mass is 289 g/mol. The predicted molar refractivity (Wildman–Crippen MR) is 78.7 cm³/mol. The van der Waals surface area contributed by atoms with Gasteiger partial charge in [0.15, 0.2) is 5.88 Å². The first-order valence-corrected chi connectivity index (χ1v) is 7.38. The van der Waals surface area contributed by atoms with E-state index in [1.54, 1.807) is 13.0 Å². The van der Waals surface area contributed by atoms with Crippen LogP contribution in [-0.2, 0) is 4.79 Å². The van der Waals surface area contributed by atoms with Gasteiger partial charge in [-0.3, -0.25) is 9.69 Å². The minimum atomic E-state index is -0.378. The van der Waals surface area contributed by atoms with E-state index < -0.39 is 0 Å². The first kappa shape index (κ1) is 13.7. The van der Waals surface area contributed by atoms with Crippen LogP contribution in [0.5, 0.6) is 0 Å². The highest BCUT2D eigenvalue weighted by atomic mass is 16.4. The number of imide groups is 1. The third-order valence-electron chi connectivity index (χ3n) is 3.85. The van der Waals surface area contributed by atoms with E-state index in [9.17, 15) is 9.59 Å². The molecule has 112 valence electrons. The van der Waals surface area contributed by atoms with Gasteiger partial charge in [-0.05, 0) is 32.3 Å². The number of rotatable bonds is 3. The Labute approximate surface area is 123 Å². The Hall–Kier alpha value is -2.24. The van der Waals surface area contributed by atoms with Gasteiger partial charge >= 0.3 is 6.03 Å². The number of hydrogen-bond donors (Lipinski definition) is 1. The molecule has 21 heavy (non-hydrogen) atoms. The van der Waals surface area contributed by atoms with Gasteiger partial charge in [0.25, 0.3) is 5.91 Å². The largest absolute Gasteiger partial charge is 0.441 e. The smallest absolute Gasteiger partial charge is 0.328 e. The zero-order valence-corrected chi connectivity index (χ0v) is 12.1. The molecule has 6 nitrogen and oxygen atoms in total. The molecule has 0 saturated carbocycles. The zero-order valence-electron chi connectivity index (χ0n) is 12.1. The molecule has 1 N–H and O–H groups in total. The zero-order chi connectivity index (χ0) is 14.8. The lowest BCUT2D eigenvalue weighted by molar-refractivity contribution is -0.122. The normalized spacial score (nSPS) is 21.3. The highest BCUT2D eigenvalue weighted by Crippen LogP contribution is 2.24. The van der Waals surface area contributed by atoms with Gasteiger partial charge in [-0.1, -0.05) is 0 Å². The number of hydrogen-bond acceptors (Lipinski definition) is 4. The van der Waals surface area contributed by atoms with Crippen molar-refractivity contribution in [2.24, 2.45) is 0 Å². The van der Waals surface area contributed by atoms with Crippen LogP contribution >= 0.6 is 0 Å². The summed E-state index contributed by atoms with van der Waals surface area (Å²) in [6, 6.07) is 3.36. The van der Waals surface area contributed by atoms with Gasteiger partial charge in [-0.2, -0.15) is 0 Å². The maximum Gasteiger partial charge on any atom is 0.328 e. The number of carbonyl (C=O) groups is 2. The van der Waals surface area contributed by atoms with Crippen molar-refractivity contribution < 1.29 is 14.0 Å². The lowest BCUT2D eigenvalue weighted by Gasteiger charge is -2.25. The number of carbonyl (C=O) groups excluding carboxylic acids is 2. The van der Waals surface area contributed by atoms with Crippen molar-refractivity contribution in [2.45, 2.75) is 26.2 Å². The molecule has 1 aromatic heterocycles. The van der Waals surface area contributed by atoms with E-state index in [1.807, 2.05) is 12.1 Å². The van der Waals surface area contributed by atoms with Crippen molar-refractivity contribution in [2.75, 3.05) is 24.5 Å². The van der Waals surface area contributed by atoms with E-state index in [-0.39, 0.29) is 17.6 Å². The third kappa shape index (κ3) is 2.66. The molecule has 0 spiro atoms. The van der Waals surface area contributed by atoms with E-state index in [1.165, 1.54) is 24.2 Å². The highest BCUT2D eigenvalue weighted by Gasteiger charge is 2.32. The molecule has 0 unspecified atom stereocenters. The van der Waals surface area contributed by atoms with Crippen LogP contribution in [0, 0.1) is 0 Å². The maximum atomic E-state index is 12.0.